The average Bonchev–Trinajstić information content (AvgIpc) is 3.05. The number of hydrogen-bond donors (Lipinski definition) is 3. The van der Waals surface area contributed by atoms with Gasteiger partial charge in [-0.2, -0.15) is 0 Å². The Hall–Kier alpha value is -2.83. The number of hydrogen-bond acceptors (Lipinski definition) is 3. The van der Waals surface area contributed by atoms with Gasteiger partial charge in [0.25, 0.3) is 5.91 Å². The third-order valence-corrected chi connectivity index (χ3v) is 3.13. The van der Waals surface area contributed by atoms with Crippen LogP contribution in [0.2, 0.25) is 0 Å². The Morgan fingerprint density at radius 2 is 1.91 bits per heavy atom. The van der Waals surface area contributed by atoms with E-state index < -0.39 is 5.82 Å². The molecular weight excluding hydrogens is 301 g/mol. The summed E-state index contributed by atoms with van der Waals surface area (Å²) in [7, 11) is 0. The van der Waals surface area contributed by atoms with Gasteiger partial charge in [-0.15, -0.1) is 0 Å². The second-order valence-electron chi connectivity index (χ2n) is 4.91. The lowest BCUT2D eigenvalue weighted by atomic mass is 10.1. The Morgan fingerprint density at radius 1 is 1.13 bits per heavy atom. The lowest BCUT2D eigenvalue weighted by Gasteiger charge is -2.08. The zero-order chi connectivity index (χ0) is 16.7. The van der Waals surface area contributed by atoms with Crippen molar-refractivity contribution in [2.24, 2.45) is 0 Å². The number of amides is 3. The number of aryl methyl sites for hydroxylation is 1. The molecule has 3 amide bonds. The molecule has 0 unspecified atom stereocenters. The van der Waals surface area contributed by atoms with E-state index in [1.807, 2.05) is 0 Å². The smallest absolute Gasteiger partial charge is 0.315 e. The highest BCUT2D eigenvalue weighted by atomic mass is 19.1. The molecule has 0 radical (unpaired) electrons. The van der Waals surface area contributed by atoms with Crippen molar-refractivity contribution in [2.75, 3.05) is 13.1 Å². The largest absolute Gasteiger partial charge is 0.467 e. The van der Waals surface area contributed by atoms with Crippen molar-refractivity contribution < 1.29 is 18.4 Å². The molecule has 0 saturated heterocycles. The quantitative estimate of drug-likeness (QED) is 0.712. The summed E-state index contributed by atoms with van der Waals surface area (Å²) in [4.78, 5) is 23.3. The van der Waals surface area contributed by atoms with E-state index in [0.29, 0.717) is 11.3 Å². The molecule has 0 fully saturated rings. The van der Waals surface area contributed by atoms with Crippen LogP contribution in [-0.4, -0.2) is 25.0 Å². The molecule has 2 aromatic rings. The Balaban J connectivity index is 1.65. The van der Waals surface area contributed by atoms with Crippen LogP contribution >= 0.6 is 0 Å². The zero-order valence-corrected chi connectivity index (χ0v) is 12.7. The summed E-state index contributed by atoms with van der Waals surface area (Å²) in [5.74, 6) is -0.162. The van der Waals surface area contributed by atoms with Gasteiger partial charge in [-0.3, -0.25) is 4.79 Å². The van der Waals surface area contributed by atoms with Crippen LogP contribution in [0.5, 0.6) is 0 Å². The summed E-state index contributed by atoms with van der Waals surface area (Å²) < 4.78 is 18.5. The van der Waals surface area contributed by atoms with Crippen LogP contribution in [0, 0.1) is 12.7 Å². The number of halogens is 1. The maximum atomic E-state index is 13.4. The fourth-order valence-corrected chi connectivity index (χ4v) is 1.83. The van der Waals surface area contributed by atoms with Gasteiger partial charge in [0.1, 0.15) is 11.6 Å². The minimum atomic E-state index is -0.423. The fourth-order valence-electron chi connectivity index (χ4n) is 1.83. The fraction of sp³-hybridized carbons (Fsp3) is 0.250. The summed E-state index contributed by atoms with van der Waals surface area (Å²) in [5, 5.41) is 7.81. The summed E-state index contributed by atoms with van der Waals surface area (Å²) in [6, 6.07) is 7.41. The summed E-state index contributed by atoms with van der Waals surface area (Å²) in [5.41, 5.74) is 0.729. The number of benzene rings is 1. The summed E-state index contributed by atoms with van der Waals surface area (Å²) >= 11 is 0. The SMILES string of the molecule is Cc1ccc(C(=O)NCCNC(=O)NCc2ccco2)cc1F. The van der Waals surface area contributed by atoms with Gasteiger partial charge in [0.05, 0.1) is 12.8 Å². The predicted octanol–water partition coefficient (Wildman–Crippen LogP) is 1.96. The second-order valence-corrected chi connectivity index (χ2v) is 4.91. The van der Waals surface area contributed by atoms with Gasteiger partial charge in [-0.1, -0.05) is 6.07 Å². The van der Waals surface area contributed by atoms with E-state index in [1.54, 1.807) is 31.2 Å². The number of furan rings is 1. The number of urea groups is 1. The second kappa shape index (κ2) is 7.98. The molecule has 1 aromatic carbocycles. The molecule has 0 atom stereocenters. The highest BCUT2D eigenvalue weighted by molar-refractivity contribution is 5.94. The van der Waals surface area contributed by atoms with Gasteiger partial charge in [-0.25, -0.2) is 9.18 Å². The third kappa shape index (κ3) is 5.14. The maximum Gasteiger partial charge on any atom is 0.315 e. The van der Waals surface area contributed by atoms with E-state index >= 15 is 0 Å². The molecule has 7 heteroatoms. The van der Waals surface area contributed by atoms with Gasteiger partial charge in [0, 0.05) is 18.7 Å². The average molecular weight is 319 g/mol. The van der Waals surface area contributed by atoms with E-state index in [-0.39, 0.29) is 37.1 Å². The zero-order valence-electron chi connectivity index (χ0n) is 12.7. The van der Waals surface area contributed by atoms with Gasteiger partial charge < -0.3 is 20.4 Å². The van der Waals surface area contributed by atoms with Crippen LogP contribution in [0.1, 0.15) is 21.7 Å². The molecule has 0 aliphatic heterocycles. The Bertz CT molecular complexity index is 671. The predicted molar refractivity (Wildman–Crippen MR) is 82.4 cm³/mol. The number of rotatable bonds is 6. The molecule has 3 N–H and O–H groups in total. The Kier molecular flexibility index (Phi) is 5.74. The standard InChI is InChI=1S/C16H18FN3O3/c1-11-4-5-12(9-14(11)17)15(21)18-6-7-19-16(22)20-10-13-3-2-8-23-13/h2-5,8-9H,6-7,10H2,1H3,(H,18,21)(H2,19,20,22). The monoisotopic (exact) mass is 319 g/mol. The molecular formula is C16H18FN3O3. The number of carbonyl (C=O) groups is 2. The topological polar surface area (TPSA) is 83.4 Å². The van der Waals surface area contributed by atoms with E-state index in [4.69, 9.17) is 4.42 Å². The lowest BCUT2D eigenvalue weighted by molar-refractivity contribution is 0.0953. The molecule has 0 aliphatic carbocycles. The molecule has 6 nitrogen and oxygen atoms in total. The number of carbonyl (C=O) groups excluding carboxylic acids is 2. The van der Waals surface area contributed by atoms with Crippen LogP contribution in [0.25, 0.3) is 0 Å². The van der Waals surface area contributed by atoms with E-state index in [1.165, 1.54) is 12.3 Å². The van der Waals surface area contributed by atoms with E-state index in [0.717, 1.165) is 0 Å². The van der Waals surface area contributed by atoms with Crippen LogP contribution in [0.3, 0.4) is 0 Å². The molecule has 1 aromatic heterocycles. The molecule has 0 aliphatic rings. The van der Waals surface area contributed by atoms with Crippen molar-refractivity contribution in [3.05, 3.63) is 59.3 Å². The highest BCUT2D eigenvalue weighted by Gasteiger charge is 2.08. The molecule has 1 heterocycles. The molecule has 122 valence electrons. The van der Waals surface area contributed by atoms with Crippen molar-refractivity contribution >= 4 is 11.9 Å². The molecule has 0 bridgehead atoms. The van der Waals surface area contributed by atoms with Crippen LogP contribution in [0.4, 0.5) is 9.18 Å². The summed E-state index contributed by atoms with van der Waals surface area (Å²) in [6.45, 7) is 2.41. The van der Waals surface area contributed by atoms with Gasteiger partial charge in [0.15, 0.2) is 0 Å². The first kappa shape index (κ1) is 16.5. The maximum absolute atomic E-state index is 13.4. The first-order valence-corrected chi connectivity index (χ1v) is 7.14. The van der Waals surface area contributed by atoms with Crippen LogP contribution < -0.4 is 16.0 Å². The van der Waals surface area contributed by atoms with Gasteiger partial charge in [0.2, 0.25) is 0 Å². The summed E-state index contributed by atoms with van der Waals surface area (Å²) in [6.07, 6.45) is 1.53. The van der Waals surface area contributed by atoms with Crippen molar-refractivity contribution in [3.63, 3.8) is 0 Å². The van der Waals surface area contributed by atoms with Gasteiger partial charge >= 0.3 is 6.03 Å². The highest BCUT2D eigenvalue weighted by Crippen LogP contribution is 2.08. The lowest BCUT2D eigenvalue weighted by Crippen LogP contribution is -2.40. The van der Waals surface area contributed by atoms with Crippen LogP contribution in [-0.2, 0) is 6.54 Å². The Morgan fingerprint density at radius 3 is 2.61 bits per heavy atom. The van der Waals surface area contributed by atoms with E-state index in [9.17, 15) is 14.0 Å². The molecule has 2 rings (SSSR count). The van der Waals surface area contributed by atoms with Gasteiger partial charge in [-0.05, 0) is 36.8 Å². The normalized spacial score (nSPS) is 10.2. The minimum absolute atomic E-state index is 0.239. The van der Waals surface area contributed by atoms with Crippen molar-refractivity contribution in [1.29, 1.82) is 0 Å². The Labute approximate surface area is 133 Å². The molecule has 0 saturated carbocycles. The van der Waals surface area contributed by atoms with Crippen molar-refractivity contribution in [1.82, 2.24) is 16.0 Å². The number of nitrogens with one attached hydrogen (secondary N) is 3. The third-order valence-electron chi connectivity index (χ3n) is 3.13. The first-order chi connectivity index (χ1) is 11.1. The van der Waals surface area contributed by atoms with Crippen LogP contribution in [0.15, 0.2) is 41.0 Å². The first-order valence-electron chi connectivity index (χ1n) is 7.14. The minimum Gasteiger partial charge on any atom is -0.467 e. The van der Waals surface area contributed by atoms with E-state index in [2.05, 4.69) is 16.0 Å². The van der Waals surface area contributed by atoms with Crippen molar-refractivity contribution in [3.8, 4) is 0 Å². The molecule has 0 spiro atoms. The molecule has 23 heavy (non-hydrogen) atoms. The van der Waals surface area contributed by atoms with Crippen molar-refractivity contribution in [2.45, 2.75) is 13.5 Å².